The Kier molecular flexibility index (Phi) is 9.86. The highest BCUT2D eigenvalue weighted by molar-refractivity contribution is 7.18. The molecule has 3 aromatic rings. The van der Waals surface area contributed by atoms with Crippen LogP contribution in [0.15, 0.2) is 42.5 Å². The van der Waals surface area contributed by atoms with Crippen molar-refractivity contribution in [2.24, 2.45) is 0 Å². The Morgan fingerprint density at radius 1 is 0.974 bits per heavy atom. The van der Waals surface area contributed by atoms with E-state index in [0.29, 0.717) is 12.4 Å². The lowest BCUT2D eigenvalue weighted by Gasteiger charge is -2.40. The summed E-state index contributed by atoms with van der Waals surface area (Å²) in [7, 11) is 0. The van der Waals surface area contributed by atoms with E-state index in [0.717, 1.165) is 91.5 Å². The van der Waals surface area contributed by atoms with Crippen LogP contribution in [0.1, 0.15) is 43.2 Å². The summed E-state index contributed by atoms with van der Waals surface area (Å²) >= 11 is 1.66. The van der Waals surface area contributed by atoms with E-state index in [1.54, 1.807) is 18.3 Å². The van der Waals surface area contributed by atoms with Crippen molar-refractivity contribution in [3.63, 3.8) is 0 Å². The highest BCUT2D eigenvalue weighted by Crippen LogP contribution is 2.30. The topological polar surface area (TPSA) is 58.1 Å². The van der Waals surface area contributed by atoms with Crippen LogP contribution in [0, 0.1) is 6.92 Å². The summed E-state index contributed by atoms with van der Waals surface area (Å²) < 4.78 is 50.8. The number of halogens is 3. The molecule has 2 atom stereocenters. The number of ether oxygens (including phenoxy) is 2. The summed E-state index contributed by atoms with van der Waals surface area (Å²) in [5.41, 5.74) is 0.258. The van der Waals surface area contributed by atoms with Crippen molar-refractivity contribution in [3.05, 3.63) is 53.0 Å². The lowest BCUT2D eigenvalue weighted by Crippen LogP contribution is -2.55. The zero-order valence-electron chi connectivity index (χ0n) is 21.9. The lowest BCUT2D eigenvalue weighted by atomic mass is 10.1. The van der Waals surface area contributed by atoms with Gasteiger partial charge in [0.25, 0.3) is 0 Å². The predicted octanol–water partition coefficient (Wildman–Crippen LogP) is 5.97. The quantitative estimate of drug-likeness (QED) is 0.280. The van der Waals surface area contributed by atoms with Gasteiger partial charge in [0.1, 0.15) is 17.6 Å². The summed E-state index contributed by atoms with van der Waals surface area (Å²) in [6, 6.07) is 10.7. The van der Waals surface area contributed by atoms with Crippen LogP contribution in [0.3, 0.4) is 0 Å². The molecule has 4 rings (SSSR count). The molecule has 1 N–H and O–H groups in total. The summed E-state index contributed by atoms with van der Waals surface area (Å²) in [6.07, 6.45) is -1.30. The summed E-state index contributed by atoms with van der Waals surface area (Å²) in [4.78, 5) is 9.19. The number of aliphatic hydroxyl groups is 1. The van der Waals surface area contributed by atoms with E-state index in [-0.39, 0.29) is 0 Å². The van der Waals surface area contributed by atoms with E-state index < -0.39 is 24.1 Å². The van der Waals surface area contributed by atoms with E-state index >= 15 is 0 Å². The Hall–Kier alpha value is -2.40. The van der Waals surface area contributed by atoms with Gasteiger partial charge in [0.05, 0.1) is 27.4 Å². The van der Waals surface area contributed by atoms with Gasteiger partial charge in [-0.1, -0.05) is 12.8 Å². The number of piperazine rings is 1. The number of unbranched alkanes of at least 4 members (excludes halogenated alkanes) is 3. The molecule has 1 aromatic heterocycles. The number of aliphatic hydroxyl groups excluding tert-OH is 1. The molecular formula is C28H36F3N3O3S. The smallest absolute Gasteiger partial charge is 0.416 e. The fourth-order valence-corrected chi connectivity index (χ4v) is 5.48. The van der Waals surface area contributed by atoms with Crippen molar-refractivity contribution >= 4 is 21.6 Å². The van der Waals surface area contributed by atoms with Crippen LogP contribution in [0.4, 0.5) is 13.2 Å². The van der Waals surface area contributed by atoms with E-state index in [4.69, 9.17) is 9.47 Å². The van der Waals surface area contributed by atoms with Crippen LogP contribution in [0.5, 0.6) is 11.5 Å². The van der Waals surface area contributed by atoms with E-state index in [1.165, 1.54) is 12.1 Å². The Labute approximate surface area is 226 Å². The highest BCUT2D eigenvalue weighted by Gasteiger charge is 2.30. The molecule has 0 bridgehead atoms. The molecule has 0 radical (unpaired) electrons. The van der Waals surface area contributed by atoms with Crippen molar-refractivity contribution < 1.29 is 27.8 Å². The number of fused-ring (bicyclic) bond motifs is 1. The van der Waals surface area contributed by atoms with Crippen molar-refractivity contribution in [3.8, 4) is 11.5 Å². The van der Waals surface area contributed by atoms with Gasteiger partial charge in [-0.15, -0.1) is 11.3 Å². The van der Waals surface area contributed by atoms with Gasteiger partial charge in [-0.2, -0.15) is 13.2 Å². The molecule has 38 heavy (non-hydrogen) atoms. The van der Waals surface area contributed by atoms with E-state index in [1.807, 2.05) is 25.1 Å². The first-order valence-corrected chi connectivity index (χ1v) is 14.0. The van der Waals surface area contributed by atoms with Crippen molar-refractivity contribution in [2.45, 2.75) is 58.0 Å². The fourth-order valence-electron chi connectivity index (χ4n) is 4.68. The molecule has 2 aromatic carbocycles. The van der Waals surface area contributed by atoms with Crippen LogP contribution in [0.2, 0.25) is 0 Å². The zero-order valence-corrected chi connectivity index (χ0v) is 22.7. The molecule has 0 amide bonds. The predicted molar refractivity (Wildman–Crippen MR) is 144 cm³/mol. The van der Waals surface area contributed by atoms with Gasteiger partial charge in [0.15, 0.2) is 6.23 Å². The van der Waals surface area contributed by atoms with Crippen LogP contribution in [-0.4, -0.2) is 71.6 Å². The minimum absolute atomic E-state index is 0.404. The molecule has 2 heterocycles. The first-order chi connectivity index (χ1) is 18.2. The first-order valence-electron chi connectivity index (χ1n) is 13.2. The zero-order chi connectivity index (χ0) is 27.1. The Morgan fingerprint density at radius 3 is 2.34 bits per heavy atom. The Morgan fingerprint density at radius 2 is 1.66 bits per heavy atom. The third kappa shape index (κ3) is 8.05. The molecule has 6 nitrogen and oxygen atoms in total. The van der Waals surface area contributed by atoms with Gasteiger partial charge in [-0.05, 0) is 69.6 Å². The second kappa shape index (κ2) is 13.1. The number of rotatable bonds is 12. The maximum Gasteiger partial charge on any atom is 0.416 e. The van der Waals surface area contributed by atoms with Gasteiger partial charge in [0.2, 0.25) is 0 Å². The van der Waals surface area contributed by atoms with Gasteiger partial charge in [-0.25, -0.2) is 4.98 Å². The molecular weight excluding hydrogens is 515 g/mol. The molecule has 0 saturated carbocycles. The SMILES string of the molecule is Cc1nc2cc(OC([C@@H](C)O)N3CCN(CCCCCCOc4ccc(C(F)(F)F)cc4)CC3)ccc2s1. The monoisotopic (exact) mass is 551 g/mol. The summed E-state index contributed by atoms with van der Waals surface area (Å²) in [6.45, 7) is 8.78. The largest absolute Gasteiger partial charge is 0.494 e. The van der Waals surface area contributed by atoms with Crippen LogP contribution in [-0.2, 0) is 6.18 Å². The Balaban J connectivity index is 1.11. The third-order valence-electron chi connectivity index (χ3n) is 6.72. The van der Waals surface area contributed by atoms with Crippen molar-refractivity contribution in [1.29, 1.82) is 0 Å². The number of hydrogen-bond donors (Lipinski definition) is 1. The Bertz CT molecular complexity index is 1150. The van der Waals surface area contributed by atoms with Crippen LogP contribution < -0.4 is 9.47 Å². The van der Waals surface area contributed by atoms with Gasteiger partial charge < -0.3 is 19.5 Å². The van der Waals surface area contributed by atoms with E-state index in [9.17, 15) is 18.3 Å². The number of hydrogen-bond acceptors (Lipinski definition) is 7. The average molecular weight is 552 g/mol. The van der Waals surface area contributed by atoms with Gasteiger partial charge >= 0.3 is 6.18 Å². The van der Waals surface area contributed by atoms with Crippen molar-refractivity contribution in [1.82, 2.24) is 14.8 Å². The number of thiazole rings is 1. The second-order valence-electron chi connectivity index (χ2n) is 9.77. The van der Waals surface area contributed by atoms with Crippen LogP contribution >= 0.6 is 11.3 Å². The maximum atomic E-state index is 12.6. The summed E-state index contributed by atoms with van der Waals surface area (Å²) in [5.74, 6) is 1.19. The normalized spacial score (nSPS) is 17.0. The first kappa shape index (κ1) is 28.6. The minimum Gasteiger partial charge on any atom is -0.494 e. The lowest BCUT2D eigenvalue weighted by molar-refractivity contribution is -0.137. The molecule has 208 valence electrons. The molecule has 1 saturated heterocycles. The molecule has 1 unspecified atom stereocenters. The van der Waals surface area contributed by atoms with Gasteiger partial charge in [-0.3, -0.25) is 4.90 Å². The standard InChI is InChI=1S/C28H36F3N3O3S/c1-20(35)27(37-24-11-12-26-25(19-24)32-21(2)38-26)34-16-14-33(15-17-34)13-5-3-4-6-18-36-23-9-7-22(8-10-23)28(29,30)31/h7-12,19-20,27,35H,3-6,13-18H2,1-2H3/t20-,27?/m1/s1. The summed E-state index contributed by atoms with van der Waals surface area (Å²) in [5, 5.41) is 11.4. The molecule has 0 spiro atoms. The molecule has 1 fully saturated rings. The second-order valence-corrected chi connectivity index (χ2v) is 11.0. The third-order valence-corrected chi connectivity index (χ3v) is 7.67. The molecule has 0 aliphatic carbocycles. The van der Waals surface area contributed by atoms with Crippen molar-refractivity contribution in [2.75, 3.05) is 39.3 Å². The number of aryl methyl sites for hydroxylation is 1. The highest BCUT2D eigenvalue weighted by atomic mass is 32.1. The number of alkyl halides is 3. The van der Waals surface area contributed by atoms with Crippen LogP contribution in [0.25, 0.3) is 10.2 Å². The van der Waals surface area contributed by atoms with E-state index in [2.05, 4.69) is 14.8 Å². The molecule has 10 heteroatoms. The maximum absolute atomic E-state index is 12.6. The number of benzene rings is 2. The molecule has 1 aliphatic rings. The number of nitrogens with zero attached hydrogens (tertiary/aromatic N) is 3. The average Bonchev–Trinajstić information content (AvgIpc) is 3.26. The van der Waals surface area contributed by atoms with Gasteiger partial charge in [0, 0.05) is 32.2 Å². The molecule has 1 aliphatic heterocycles. The fraction of sp³-hybridized carbons (Fsp3) is 0.536. The number of aromatic nitrogens is 1. The minimum atomic E-state index is -4.32.